The van der Waals surface area contributed by atoms with Gasteiger partial charge in [0.25, 0.3) is 0 Å². The third kappa shape index (κ3) is 1.35. The molecule has 0 saturated heterocycles. The van der Waals surface area contributed by atoms with Gasteiger partial charge in [-0.1, -0.05) is 11.6 Å². The smallest absolute Gasteiger partial charge is 0.147 e. The molecule has 0 radical (unpaired) electrons. The summed E-state index contributed by atoms with van der Waals surface area (Å²) in [7, 11) is 0. The van der Waals surface area contributed by atoms with Crippen molar-refractivity contribution in [1.82, 2.24) is 4.98 Å². The summed E-state index contributed by atoms with van der Waals surface area (Å²) < 4.78 is 0. The highest BCUT2D eigenvalue weighted by molar-refractivity contribution is 7.10. The Morgan fingerprint density at radius 3 is 3.12 bits per heavy atom. The monoisotopic (exact) mass is 246 g/mol. The predicted molar refractivity (Wildman–Crippen MR) is 64.7 cm³/mol. The number of nitriles is 1. The molecule has 0 bridgehead atoms. The van der Waals surface area contributed by atoms with Crippen LogP contribution in [0.15, 0.2) is 17.5 Å². The van der Waals surface area contributed by atoms with Crippen molar-refractivity contribution in [2.75, 3.05) is 0 Å². The fourth-order valence-electron chi connectivity index (χ4n) is 2.03. The van der Waals surface area contributed by atoms with E-state index in [1.54, 1.807) is 11.3 Å². The highest BCUT2D eigenvalue weighted by Crippen LogP contribution is 2.36. The molecule has 0 spiro atoms. The molecule has 78 valence electrons. The van der Waals surface area contributed by atoms with E-state index in [0.29, 0.717) is 10.7 Å². The standard InChI is InChI=1S/C12H7ClN2S/c13-12-8(6-14)5-7-1-2-10-9(3-4-16-10)11(7)15-12/h3-5H,1-2H2. The van der Waals surface area contributed by atoms with Gasteiger partial charge < -0.3 is 0 Å². The summed E-state index contributed by atoms with van der Waals surface area (Å²) in [4.78, 5) is 5.71. The summed E-state index contributed by atoms with van der Waals surface area (Å²) in [5, 5.41) is 11.3. The lowest BCUT2D eigenvalue weighted by Gasteiger charge is -2.15. The first kappa shape index (κ1) is 9.83. The Kier molecular flexibility index (Phi) is 2.20. The van der Waals surface area contributed by atoms with Gasteiger partial charge in [-0.25, -0.2) is 4.98 Å². The van der Waals surface area contributed by atoms with E-state index in [0.717, 1.165) is 24.1 Å². The Morgan fingerprint density at radius 2 is 2.31 bits per heavy atom. The van der Waals surface area contributed by atoms with Crippen LogP contribution in [0, 0.1) is 11.3 Å². The number of rotatable bonds is 0. The molecular formula is C12H7ClN2S. The van der Waals surface area contributed by atoms with Gasteiger partial charge in [-0.05, 0) is 35.9 Å². The maximum Gasteiger partial charge on any atom is 0.147 e. The molecule has 0 fully saturated rings. The van der Waals surface area contributed by atoms with Gasteiger partial charge in [-0.2, -0.15) is 5.26 Å². The van der Waals surface area contributed by atoms with Crippen LogP contribution in [0.3, 0.4) is 0 Å². The molecule has 0 atom stereocenters. The molecule has 1 aliphatic carbocycles. The van der Waals surface area contributed by atoms with E-state index in [2.05, 4.69) is 22.5 Å². The summed E-state index contributed by atoms with van der Waals surface area (Å²) in [6.45, 7) is 0. The van der Waals surface area contributed by atoms with E-state index in [1.807, 2.05) is 6.07 Å². The van der Waals surface area contributed by atoms with Gasteiger partial charge in [0.05, 0.1) is 11.3 Å². The summed E-state index contributed by atoms with van der Waals surface area (Å²) in [6, 6.07) is 6.01. The molecule has 2 nitrogen and oxygen atoms in total. The second-order valence-electron chi connectivity index (χ2n) is 3.70. The van der Waals surface area contributed by atoms with Crippen molar-refractivity contribution in [2.24, 2.45) is 0 Å². The van der Waals surface area contributed by atoms with Crippen LogP contribution in [0.25, 0.3) is 11.3 Å². The Hall–Kier alpha value is -1.37. The SMILES string of the molecule is N#Cc1cc2c(nc1Cl)-c1ccsc1CC2. The van der Waals surface area contributed by atoms with Gasteiger partial charge in [-0.3, -0.25) is 0 Å². The van der Waals surface area contributed by atoms with E-state index in [4.69, 9.17) is 16.9 Å². The zero-order chi connectivity index (χ0) is 11.1. The van der Waals surface area contributed by atoms with Crippen molar-refractivity contribution in [2.45, 2.75) is 12.8 Å². The van der Waals surface area contributed by atoms with Crippen LogP contribution in [-0.2, 0) is 12.8 Å². The van der Waals surface area contributed by atoms with E-state index in [9.17, 15) is 0 Å². The summed E-state index contributed by atoms with van der Waals surface area (Å²) in [5.74, 6) is 0. The Labute approximate surface area is 102 Å². The first-order valence-electron chi connectivity index (χ1n) is 4.96. The fraction of sp³-hybridized carbons (Fsp3) is 0.167. The van der Waals surface area contributed by atoms with Gasteiger partial charge in [0, 0.05) is 10.4 Å². The molecule has 16 heavy (non-hydrogen) atoms. The average molecular weight is 247 g/mol. The predicted octanol–water partition coefficient (Wildman–Crippen LogP) is 3.43. The zero-order valence-electron chi connectivity index (χ0n) is 8.33. The van der Waals surface area contributed by atoms with Gasteiger partial charge in [0.1, 0.15) is 11.2 Å². The largest absolute Gasteiger partial charge is 0.234 e. The second kappa shape index (κ2) is 3.58. The molecule has 4 heteroatoms. The van der Waals surface area contributed by atoms with Crippen LogP contribution in [0.4, 0.5) is 0 Å². The number of hydrogen-bond acceptors (Lipinski definition) is 3. The number of hydrogen-bond donors (Lipinski definition) is 0. The van der Waals surface area contributed by atoms with E-state index < -0.39 is 0 Å². The molecule has 0 N–H and O–H groups in total. The fourth-order valence-corrected chi connectivity index (χ4v) is 3.09. The number of thiophene rings is 1. The third-order valence-electron chi connectivity index (χ3n) is 2.80. The molecular weight excluding hydrogens is 240 g/mol. The molecule has 0 amide bonds. The lowest BCUT2D eigenvalue weighted by Crippen LogP contribution is -2.04. The first-order valence-corrected chi connectivity index (χ1v) is 6.21. The molecule has 3 rings (SSSR count). The van der Waals surface area contributed by atoms with E-state index in [1.165, 1.54) is 10.4 Å². The van der Waals surface area contributed by atoms with Crippen LogP contribution >= 0.6 is 22.9 Å². The highest BCUT2D eigenvalue weighted by Gasteiger charge is 2.20. The molecule has 2 aromatic heterocycles. The molecule has 2 heterocycles. The van der Waals surface area contributed by atoms with Crippen LogP contribution in [0.1, 0.15) is 16.0 Å². The average Bonchev–Trinajstić information content (AvgIpc) is 2.76. The summed E-state index contributed by atoms with van der Waals surface area (Å²) in [6.07, 6.45) is 1.98. The molecule has 0 saturated carbocycles. The summed E-state index contributed by atoms with van der Waals surface area (Å²) in [5.41, 5.74) is 3.73. The van der Waals surface area contributed by atoms with Gasteiger partial charge in [0.2, 0.25) is 0 Å². The summed E-state index contributed by atoms with van der Waals surface area (Å²) >= 11 is 7.72. The Bertz CT molecular complexity index is 610. The van der Waals surface area contributed by atoms with Crippen LogP contribution < -0.4 is 0 Å². The first-order chi connectivity index (χ1) is 7.79. The molecule has 0 aliphatic heterocycles. The van der Waals surface area contributed by atoms with Crippen molar-refractivity contribution in [3.8, 4) is 17.3 Å². The minimum absolute atomic E-state index is 0.306. The number of pyridine rings is 1. The minimum atomic E-state index is 0.306. The van der Waals surface area contributed by atoms with E-state index >= 15 is 0 Å². The molecule has 0 aromatic carbocycles. The van der Waals surface area contributed by atoms with Crippen molar-refractivity contribution >= 4 is 22.9 Å². The molecule has 0 unspecified atom stereocenters. The topological polar surface area (TPSA) is 36.7 Å². The second-order valence-corrected chi connectivity index (χ2v) is 5.06. The normalized spacial score (nSPS) is 12.8. The quantitative estimate of drug-likeness (QED) is 0.668. The van der Waals surface area contributed by atoms with Crippen molar-refractivity contribution in [1.29, 1.82) is 5.26 Å². The lowest BCUT2D eigenvalue weighted by molar-refractivity contribution is 0.946. The maximum atomic E-state index is 8.90. The van der Waals surface area contributed by atoms with Gasteiger partial charge in [0.15, 0.2) is 0 Å². The van der Waals surface area contributed by atoms with Crippen LogP contribution in [0.5, 0.6) is 0 Å². The lowest BCUT2D eigenvalue weighted by atomic mass is 9.94. The zero-order valence-corrected chi connectivity index (χ0v) is 9.90. The third-order valence-corrected chi connectivity index (χ3v) is 4.07. The van der Waals surface area contributed by atoms with Crippen LogP contribution in [-0.4, -0.2) is 4.98 Å². The maximum absolute atomic E-state index is 8.90. The number of aromatic nitrogens is 1. The van der Waals surface area contributed by atoms with Crippen molar-refractivity contribution in [3.63, 3.8) is 0 Å². The number of halogens is 1. The minimum Gasteiger partial charge on any atom is -0.234 e. The van der Waals surface area contributed by atoms with Crippen LogP contribution in [0.2, 0.25) is 5.15 Å². The van der Waals surface area contributed by atoms with Crippen molar-refractivity contribution in [3.05, 3.63) is 38.7 Å². The van der Waals surface area contributed by atoms with Crippen molar-refractivity contribution < 1.29 is 0 Å². The van der Waals surface area contributed by atoms with E-state index in [-0.39, 0.29) is 0 Å². The number of nitrogens with zero attached hydrogens (tertiary/aromatic N) is 2. The molecule has 1 aliphatic rings. The number of aryl methyl sites for hydroxylation is 2. The Balaban J connectivity index is 2.27. The number of fused-ring (bicyclic) bond motifs is 3. The van der Waals surface area contributed by atoms with Gasteiger partial charge >= 0.3 is 0 Å². The Morgan fingerprint density at radius 1 is 1.44 bits per heavy atom. The molecule has 2 aromatic rings. The highest BCUT2D eigenvalue weighted by atomic mass is 35.5. The van der Waals surface area contributed by atoms with Gasteiger partial charge in [-0.15, -0.1) is 11.3 Å².